The van der Waals surface area contributed by atoms with Crippen LogP contribution >= 0.6 is 0 Å². The summed E-state index contributed by atoms with van der Waals surface area (Å²) < 4.78 is 0. The van der Waals surface area contributed by atoms with Crippen LogP contribution in [0, 0.1) is 0 Å². The molecule has 0 saturated heterocycles. The third kappa shape index (κ3) is 7.08. The van der Waals surface area contributed by atoms with Gasteiger partial charge in [0.1, 0.15) is 0 Å². The zero-order valence-electron chi connectivity index (χ0n) is 10.2. The molecule has 17 heavy (non-hydrogen) atoms. The zero-order chi connectivity index (χ0) is 12.2. The Balaban J connectivity index is 0. The molecular weight excluding hydrogens is 248 g/mol. The molecular formula is C14H18O2Ti. The van der Waals surface area contributed by atoms with Gasteiger partial charge in [0.25, 0.3) is 0 Å². The van der Waals surface area contributed by atoms with E-state index < -0.39 is 0 Å². The van der Waals surface area contributed by atoms with Crippen LogP contribution in [0.2, 0.25) is 0 Å². The van der Waals surface area contributed by atoms with Crippen LogP contribution in [0.3, 0.4) is 0 Å². The Morgan fingerprint density at radius 2 is 0.765 bits per heavy atom. The van der Waals surface area contributed by atoms with Gasteiger partial charge in [0.15, 0.2) is 0 Å². The second-order valence-corrected chi connectivity index (χ2v) is 2.73. The van der Waals surface area contributed by atoms with Crippen molar-refractivity contribution in [2.24, 2.45) is 0 Å². The number of aliphatic hydroxyl groups excluding tert-OH is 2. The van der Waals surface area contributed by atoms with Crippen molar-refractivity contribution in [1.29, 1.82) is 0 Å². The van der Waals surface area contributed by atoms with E-state index in [-0.39, 0.29) is 21.7 Å². The Kier molecular flexibility index (Phi) is 14.3. The summed E-state index contributed by atoms with van der Waals surface area (Å²) in [5.74, 6) is 0. The first-order valence-electron chi connectivity index (χ1n) is 4.97. The topological polar surface area (TPSA) is 40.5 Å². The summed E-state index contributed by atoms with van der Waals surface area (Å²) in [5.41, 5.74) is 2.55. The fourth-order valence-corrected chi connectivity index (χ4v) is 1.26. The molecule has 0 heterocycles. The first-order chi connectivity index (χ1) is 7.97. The average molecular weight is 266 g/mol. The summed E-state index contributed by atoms with van der Waals surface area (Å²) in [6.07, 6.45) is 0. The predicted molar refractivity (Wildman–Crippen MR) is 68.2 cm³/mol. The van der Waals surface area contributed by atoms with Crippen molar-refractivity contribution < 1.29 is 31.9 Å². The van der Waals surface area contributed by atoms with Crippen LogP contribution in [0.25, 0.3) is 11.1 Å². The molecule has 0 unspecified atom stereocenters. The zero-order valence-corrected chi connectivity index (χ0v) is 11.7. The number of hydrogen-bond donors (Lipinski definition) is 2. The van der Waals surface area contributed by atoms with Gasteiger partial charge in [0.05, 0.1) is 0 Å². The van der Waals surface area contributed by atoms with E-state index in [1.165, 1.54) is 11.1 Å². The minimum Gasteiger partial charge on any atom is -0.400 e. The van der Waals surface area contributed by atoms with E-state index in [2.05, 4.69) is 48.5 Å². The molecule has 0 aliphatic rings. The van der Waals surface area contributed by atoms with Crippen LogP contribution in [0.15, 0.2) is 60.7 Å². The van der Waals surface area contributed by atoms with E-state index >= 15 is 0 Å². The molecule has 0 amide bonds. The van der Waals surface area contributed by atoms with Gasteiger partial charge < -0.3 is 10.2 Å². The third-order valence-corrected chi connectivity index (χ3v) is 1.88. The van der Waals surface area contributed by atoms with Gasteiger partial charge in [0, 0.05) is 35.9 Å². The Labute approximate surface area is 118 Å². The van der Waals surface area contributed by atoms with E-state index in [4.69, 9.17) is 10.2 Å². The van der Waals surface area contributed by atoms with Crippen molar-refractivity contribution in [1.82, 2.24) is 0 Å². The number of benzene rings is 2. The third-order valence-electron chi connectivity index (χ3n) is 1.88. The first kappa shape index (κ1) is 18.4. The Hall–Kier alpha value is -0.926. The van der Waals surface area contributed by atoms with Crippen molar-refractivity contribution in [2.45, 2.75) is 0 Å². The first-order valence-corrected chi connectivity index (χ1v) is 4.97. The molecule has 3 heteroatoms. The molecule has 0 atom stereocenters. The fraction of sp³-hybridized carbons (Fsp3) is 0.143. The molecule has 2 rings (SSSR count). The molecule has 0 saturated carbocycles. The number of rotatable bonds is 1. The Bertz CT molecular complexity index is 312. The van der Waals surface area contributed by atoms with E-state index in [1.807, 2.05) is 12.1 Å². The van der Waals surface area contributed by atoms with E-state index in [0.717, 1.165) is 14.2 Å². The van der Waals surface area contributed by atoms with Crippen molar-refractivity contribution in [3.63, 3.8) is 0 Å². The van der Waals surface area contributed by atoms with Gasteiger partial charge >= 0.3 is 0 Å². The largest absolute Gasteiger partial charge is 0.400 e. The molecule has 0 aliphatic heterocycles. The summed E-state index contributed by atoms with van der Waals surface area (Å²) >= 11 is 0. The Morgan fingerprint density at radius 1 is 0.529 bits per heavy atom. The maximum atomic E-state index is 7.00. The molecule has 0 fully saturated rings. The van der Waals surface area contributed by atoms with Crippen LogP contribution in [0.5, 0.6) is 0 Å². The molecule has 0 bridgehead atoms. The van der Waals surface area contributed by atoms with Crippen LogP contribution in [0.1, 0.15) is 0 Å². The van der Waals surface area contributed by atoms with Gasteiger partial charge in [-0.2, -0.15) is 0 Å². The van der Waals surface area contributed by atoms with Gasteiger partial charge in [-0.3, -0.25) is 0 Å². The van der Waals surface area contributed by atoms with Gasteiger partial charge in [0.2, 0.25) is 0 Å². The molecule has 90 valence electrons. The van der Waals surface area contributed by atoms with Gasteiger partial charge in [-0.15, -0.1) is 0 Å². The van der Waals surface area contributed by atoms with E-state index in [0.29, 0.717) is 0 Å². The van der Waals surface area contributed by atoms with Crippen molar-refractivity contribution in [3.8, 4) is 11.1 Å². The second-order valence-electron chi connectivity index (χ2n) is 2.73. The van der Waals surface area contributed by atoms with Crippen LogP contribution in [-0.2, 0) is 21.7 Å². The van der Waals surface area contributed by atoms with E-state index in [9.17, 15) is 0 Å². The van der Waals surface area contributed by atoms with Crippen molar-refractivity contribution in [2.75, 3.05) is 14.2 Å². The van der Waals surface area contributed by atoms with Gasteiger partial charge in [-0.05, 0) is 11.1 Å². The number of aliphatic hydroxyl groups is 2. The average Bonchev–Trinajstić information content (AvgIpc) is 2.45. The second kappa shape index (κ2) is 13.1. The molecule has 0 radical (unpaired) electrons. The van der Waals surface area contributed by atoms with Crippen LogP contribution in [0.4, 0.5) is 0 Å². The summed E-state index contributed by atoms with van der Waals surface area (Å²) in [6.45, 7) is 0. The molecule has 2 aromatic rings. The van der Waals surface area contributed by atoms with E-state index in [1.54, 1.807) is 0 Å². The SMILES string of the molecule is CO.CO.[Ti].c1ccc(-c2ccccc2)cc1. The Morgan fingerprint density at radius 3 is 1.00 bits per heavy atom. The quantitative estimate of drug-likeness (QED) is 0.779. The number of hydrogen-bond acceptors (Lipinski definition) is 2. The monoisotopic (exact) mass is 266 g/mol. The van der Waals surface area contributed by atoms with Crippen molar-refractivity contribution in [3.05, 3.63) is 60.7 Å². The standard InChI is InChI=1S/C12H10.2CH4O.Ti/c1-3-7-11(8-4-1)12-9-5-2-6-10-12;2*1-2;/h1-10H;2*2H,1H3;. The maximum absolute atomic E-state index is 7.00. The van der Waals surface area contributed by atoms with Crippen molar-refractivity contribution >= 4 is 0 Å². The van der Waals surface area contributed by atoms with Gasteiger partial charge in [-0.1, -0.05) is 60.7 Å². The normalized spacial score (nSPS) is 7.53. The summed E-state index contributed by atoms with van der Waals surface area (Å²) in [6, 6.07) is 20.8. The fourth-order valence-electron chi connectivity index (χ4n) is 1.26. The molecule has 2 N–H and O–H groups in total. The summed E-state index contributed by atoms with van der Waals surface area (Å²) in [7, 11) is 2.00. The van der Waals surface area contributed by atoms with Crippen LogP contribution in [-0.4, -0.2) is 24.4 Å². The molecule has 0 spiro atoms. The molecule has 0 aliphatic carbocycles. The maximum Gasteiger partial charge on any atom is 0.0319 e. The van der Waals surface area contributed by atoms with Crippen LogP contribution < -0.4 is 0 Å². The minimum atomic E-state index is 0. The molecule has 2 nitrogen and oxygen atoms in total. The predicted octanol–water partition coefficient (Wildman–Crippen LogP) is 2.57. The molecule has 0 aromatic heterocycles. The minimum absolute atomic E-state index is 0. The summed E-state index contributed by atoms with van der Waals surface area (Å²) in [5, 5.41) is 14.0. The summed E-state index contributed by atoms with van der Waals surface area (Å²) in [4.78, 5) is 0. The molecule has 2 aromatic carbocycles. The van der Waals surface area contributed by atoms with Gasteiger partial charge in [-0.25, -0.2) is 0 Å². The smallest absolute Gasteiger partial charge is 0.0319 e.